The van der Waals surface area contributed by atoms with E-state index >= 15 is 0 Å². The van der Waals surface area contributed by atoms with Crippen LogP contribution in [0.15, 0.2) is 0 Å². The van der Waals surface area contributed by atoms with Crippen LogP contribution in [0.2, 0.25) is 0 Å². The molecule has 1 aliphatic rings. The summed E-state index contributed by atoms with van der Waals surface area (Å²) in [6, 6.07) is 0. The van der Waals surface area contributed by atoms with Gasteiger partial charge in [-0.15, -0.1) is 0 Å². The fourth-order valence-corrected chi connectivity index (χ4v) is 0.908. The highest BCUT2D eigenvalue weighted by atomic mass is 16.5. The molecule has 0 aromatic carbocycles. The average molecular weight is 172 g/mol. The Balaban J connectivity index is 1.97. The van der Waals surface area contributed by atoms with E-state index in [1.807, 2.05) is 0 Å². The molecule has 70 valence electrons. The number of amides is 1. The monoisotopic (exact) mass is 172 g/mol. The second-order valence-corrected chi connectivity index (χ2v) is 3.33. The number of carbonyl (C=O) groups is 1. The third-order valence-corrected chi connectivity index (χ3v) is 1.94. The topological polar surface area (TPSA) is 41.6 Å². The molecule has 1 aliphatic heterocycles. The van der Waals surface area contributed by atoms with E-state index in [2.05, 4.69) is 5.32 Å². The third kappa shape index (κ3) is 2.79. The van der Waals surface area contributed by atoms with E-state index in [1.165, 1.54) is 0 Å². The van der Waals surface area contributed by atoms with Crippen molar-refractivity contribution < 1.29 is 9.53 Å². The first-order chi connectivity index (χ1) is 5.70. The molecule has 1 N–H and O–H groups in total. The summed E-state index contributed by atoms with van der Waals surface area (Å²) in [5.41, 5.74) is 0. The van der Waals surface area contributed by atoms with Crippen molar-refractivity contribution in [2.75, 3.05) is 40.4 Å². The molecule has 0 radical (unpaired) electrons. The van der Waals surface area contributed by atoms with Crippen LogP contribution < -0.4 is 5.32 Å². The van der Waals surface area contributed by atoms with Crippen molar-refractivity contribution in [3.63, 3.8) is 0 Å². The molecule has 0 unspecified atom stereocenters. The lowest BCUT2D eigenvalue weighted by molar-refractivity contribution is -0.134. The molecule has 1 rings (SSSR count). The SMILES string of the molecule is CN(C)C(=O)COCC1CNC1. The number of ether oxygens (including phenoxy) is 1. The van der Waals surface area contributed by atoms with Gasteiger partial charge in [-0.1, -0.05) is 0 Å². The second kappa shape index (κ2) is 4.42. The fraction of sp³-hybridized carbons (Fsp3) is 0.875. The molecule has 4 nitrogen and oxygen atoms in total. The number of rotatable bonds is 4. The van der Waals surface area contributed by atoms with Gasteiger partial charge in [-0.3, -0.25) is 4.79 Å². The number of nitrogens with one attached hydrogen (secondary N) is 1. The maximum atomic E-state index is 11.0. The molecule has 0 saturated carbocycles. The summed E-state index contributed by atoms with van der Waals surface area (Å²) in [6.07, 6.45) is 0. The summed E-state index contributed by atoms with van der Waals surface area (Å²) in [7, 11) is 3.47. The van der Waals surface area contributed by atoms with Gasteiger partial charge in [0.1, 0.15) is 6.61 Å². The highest BCUT2D eigenvalue weighted by molar-refractivity contribution is 5.76. The van der Waals surface area contributed by atoms with Gasteiger partial charge >= 0.3 is 0 Å². The Morgan fingerprint density at radius 3 is 2.67 bits per heavy atom. The minimum atomic E-state index is 0.0299. The highest BCUT2D eigenvalue weighted by Crippen LogP contribution is 2.02. The largest absolute Gasteiger partial charge is 0.371 e. The van der Waals surface area contributed by atoms with E-state index in [0.29, 0.717) is 12.5 Å². The Labute approximate surface area is 72.9 Å². The van der Waals surface area contributed by atoms with Gasteiger partial charge in [0.2, 0.25) is 5.91 Å². The molecule has 0 bridgehead atoms. The maximum Gasteiger partial charge on any atom is 0.248 e. The van der Waals surface area contributed by atoms with E-state index in [4.69, 9.17) is 4.74 Å². The van der Waals surface area contributed by atoms with Gasteiger partial charge < -0.3 is 15.0 Å². The van der Waals surface area contributed by atoms with Gasteiger partial charge in [0.25, 0.3) is 0 Å². The molecule has 4 heteroatoms. The standard InChI is InChI=1S/C8H16N2O2/c1-10(2)8(11)6-12-5-7-3-9-4-7/h7,9H,3-6H2,1-2H3. The fourth-order valence-electron chi connectivity index (χ4n) is 0.908. The van der Waals surface area contributed by atoms with Gasteiger partial charge in [0.05, 0.1) is 6.61 Å². The summed E-state index contributed by atoms with van der Waals surface area (Å²) in [6.45, 7) is 2.96. The molecule has 12 heavy (non-hydrogen) atoms. The molecular formula is C8H16N2O2. The lowest BCUT2D eigenvalue weighted by Gasteiger charge is -2.26. The van der Waals surface area contributed by atoms with Crippen molar-refractivity contribution in [2.24, 2.45) is 5.92 Å². The number of hydrogen-bond donors (Lipinski definition) is 1. The van der Waals surface area contributed by atoms with E-state index in [1.54, 1.807) is 19.0 Å². The first-order valence-corrected chi connectivity index (χ1v) is 4.18. The molecule has 0 atom stereocenters. The van der Waals surface area contributed by atoms with Gasteiger partial charge in [0.15, 0.2) is 0 Å². The van der Waals surface area contributed by atoms with Crippen LogP contribution in [0.4, 0.5) is 0 Å². The summed E-state index contributed by atoms with van der Waals surface area (Å²) in [4.78, 5) is 12.6. The molecule has 1 saturated heterocycles. The van der Waals surface area contributed by atoms with Crippen molar-refractivity contribution in [2.45, 2.75) is 0 Å². The lowest BCUT2D eigenvalue weighted by atomic mass is 10.1. The third-order valence-electron chi connectivity index (χ3n) is 1.94. The summed E-state index contributed by atoms with van der Waals surface area (Å²) < 4.78 is 5.23. The summed E-state index contributed by atoms with van der Waals surface area (Å²) in [5.74, 6) is 0.641. The minimum Gasteiger partial charge on any atom is -0.371 e. The molecule has 0 spiro atoms. The zero-order valence-electron chi connectivity index (χ0n) is 7.67. The van der Waals surface area contributed by atoms with Gasteiger partial charge in [-0.25, -0.2) is 0 Å². The number of likely N-dealkylation sites (N-methyl/N-ethyl adjacent to an activating group) is 1. The van der Waals surface area contributed by atoms with Crippen LogP contribution in [0.1, 0.15) is 0 Å². The quantitative estimate of drug-likeness (QED) is 0.610. The molecular weight excluding hydrogens is 156 g/mol. The molecule has 0 aliphatic carbocycles. The molecule has 1 fully saturated rings. The van der Waals surface area contributed by atoms with Gasteiger partial charge in [0, 0.05) is 33.1 Å². The van der Waals surface area contributed by atoms with E-state index < -0.39 is 0 Å². The van der Waals surface area contributed by atoms with Crippen LogP contribution in [0, 0.1) is 5.92 Å². The average Bonchev–Trinajstić information content (AvgIpc) is 1.93. The molecule has 1 heterocycles. The van der Waals surface area contributed by atoms with Crippen molar-refractivity contribution in [3.8, 4) is 0 Å². The minimum absolute atomic E-state index is 0.0299. The normalized spacial score (nSPS) is 17.2. The predicted octanol–water partition coefficient (Wildman–Crippen LogP) is -0.689. The Kier molecular flexibility index (Phi) is 3.49. The Hall–Kier alpha value is -0.610. The van der Waals surface area contributed by atoms with Crippen LogP contribution in [0.3, 0.4) is 0 Å². The zero-order valence-corrected chi connectivity index (χ0v) is 7.67. The first kappa shape index (κ1) is 9.48. The van der Waals surface area contributed by atoms with E-state index in [9.17, 15) is 4.79 Å². The predicted molar refractivity (Wildman–Crippen MR) is 45.9 cm³/mol. The smallest absolute Gasteiger partial charge is 0.248 e. The van der Waals surface area contributed by atoms with Gasteiger partial charge in [-0.05, 0) is 0 Å². The number of carbonyl (C=O) groups excluding carboxylic acids is 1. The van der Waals surface area contributed by atoms with Crippen LogP contribution in [-0.4, -0.2) is 51.2 Å². The first-order valence-electron chi connectivity index (χ1n) is 4.18. The zero-order chi connectivity index (χ0) is 8.97. The van der Waals surface area contributed by atoms with Crippen LogP contribution in [-0.2, 0) is 9.53 Å². The second-order valence-electron chi connectivity index (χ2n) is 3.33. The number of hydrogen-bond acceptors (Lipinski definition) is 3. The molecule has 0 aromatic rings. The van der Waals surface area contributed by atoms with Crippen molar-refractivity contribution in [1.29, 1.82) is 0 Å². The summed E-state index contributed by atoms with van der Waals surface area (Å²) in [5, 5.41) is 3.15. The molecule has 0 aromatic heterocycles. The van der Waals surface area contributed by atoms with Crippen LogP contribution >= 0.6 is 0 Å². The molecule has 1 amide bonds. The maximum absolute atomic E-state index is 11.0. The van der Waals surface area contributed by atoms with E-state index in [0.717, 1.165) is 13.1 Å². The number of nitrogens with zero attached hydrogens (tertiary/aromatic N) is 1. The Morgan fingerprint density at radius 2 is 2.25 bits per heavy atom. The van der Waals surface area contributed by atoms with E-state index in [-0.39, 0.29) is 12.5 Å². The Bertz CT molecular complexity index is 155. The van der Waals surface area contributed by atoms with Crippen molar-refractivity contribution >= 4 is 5.91 Å². The highest BCUT2D eigenvalue weighted by Gasteiger charge is 2.16. The van der Waals surface area contributed by atoms with Gasteiger partial charge in [-0.2, -0.15) is 0 Å². The van der Waals surface area contributed by atoms with Crippen molar-refractivity contribution in [1.82, 2.24) is 10.2 Å². The lowest BCUT2D eigenvalue weighted by Crippen LogP contribution is -2.44. The summed E-state index contributed by atoms with van der Waals surface area (Å²) >= 11 is 0. The van der Waals surface area contributed by atoms with Crippen LogP contribution in [0.5, 0.6) is 0 Å². The van der Waals surface area contributed by atoms with Crippen LogP contribution in [0.25, 0.3) is 0 Å². The van der Waals surface area contributed by atoms with Crippen molar-refractivity contribution in [3.05, 3.63) is 0 Å². The Morgan fingerprint density at radius 1 is 1.58 bits per heavy atom.